The molecule has 0 unspecified atom stereocenters. The molecule has 0 aliphatic heterocycles. The van der Waals surface area contributed by atoms with Crippen LogP contribution in [-0.2, 0) is 0 Å². The molecule has 0 amide bonds. The van der Waals surface area contributed by atoms with E-state index in [1.165, 1.54) is 16.8 Å². The normalized spacial score (nSPS) is 11.0. The molecule has 2 heterocycles. The van der Waals surface area contributed by atoms with Crippen LogP contribution in [0.1, 0.15) is 0 Å². The lowest BCUT2D eigenvalue weighted by atomic mass is 10.3. The van der Waals surface area contributed by atoms with Crippen molar-refractivity contribution in [3.63, 3.8) is 0 Å². The summed E-state index contributed by atoms with van der Waals surface area (Å²) in [5.41, 5.74) is 0.808. The third-order valence-electron chi connectivity index (χ3n) is 3.01. The van der Waals surface area contributed by atoms with Crippen molar-refractivity contribution in [2.24, 2.45) is 0 Å². The van der Waals surface area contributed by atoms with E-state index in [0.717, 1.165) is 4.90 Å². The number of hydrogen-bond donors (Lipinski definition) is 0. The second-order valence-electron chi connectivity index (χ2n) is 4.24. The summed E-state index contributed by atoms with van der Waals surface area (Å²) < 4.78 is 1.35. The minimum atomic E-state index is -0.272. The molecule has 0 bridgehead atoms. The highest BCUT2D eigenvalue weighted by Gasteiger charge is 2.12. The van der Waals surface area contributed by atoms with Gasteiger partial charge in [0.25, 0.3) is 5.56 Å². The highest BCUT2D eigenvalue weighted by molar-refractivity contribution is 7.98. The Morgan fingerprint density at radius 3 is 2.57 bits per heavy atom. The molecule has 0 fully saturated rings. The van der Waals surface area contributed by atoms with Gasteiger partial charge in [-0.05, 0) is 48.2 Å². The van der Waals surface area contributed by atoms with Gasteiger partial charge in [0, 0.05) is 4.90 Å². The van der Waals surface area contributed by atoms with Crippen LogP contribution < -0.4 is 5.56 Å². The molecule has 0 aliphatic carbocycles. The Labute approximate surface area is 134 Å². The predicted octanol–water partition coefficient (Wildman–Crippen LogP) is 3.81. The molecular weight excluding hydrogens is 329 g/mol. The van der Waals surface area contributed by atoms with E-state index < -0.39 is 0 Å². The van der Waals surface area contributed by atoms with Crippen LogP contribution in [0.25, 0.3) is 16.6 Å². The quantitative estimate of drug-likeness (QED) is 0.405. The third-order valence-corrected chi connectivity index (χ3v) is 4.21. The summed E-state index contributed by atoms with van der Waals surface area (Å²) in [4.78, 5) is 21.8. The van der Waals surface area contributed by atoms with Crippen molar-refractivity contribution in [2.75, 3.05) is 6.26 Å². The number of nitrogens with zero attached hydrogens (tertiary/aromatic N) is 3. The number of thioether (sulfide) groups is 1. The Balaban J connectivity index is 2.28. The van der Waals surface area contributed by atoms with E-state index >= 15 is 0 Å². The Morgan fingerprint density at radius 1 is 1.19 bits per heavy atom. The lowest BCUT2D eigenvalue weighted by molar-refractivity contribution is 0.960. The first-order valence-corrected chi connectivity index (χ1v) is 7.96. The summed E-state index contributed by atoms with van der Waals surface area (Å²) in [5, 5.41) is 0.717. The summed E-state index contributed by atoms with van der Waals surface area (Å²) in [5.74, 6) is 0. The van der Waals surface area contributed by atoms with Gasteiger partial charge in [0.1, 0.15) is 5.15 Å². The minimum absolute atomic E-state index is 0.0912. The van der Waals surface area contributed by atoms with Gasteiger partial charge in [0.15, 0.2) is 0 Å². The number of aromatic nitrogens is 3. The van der Waals surface area contributed by atoms with Crippen molar-refractivity contribution in [1.82, 2.24) is 14.5 Å². The van der Waals surface area contributed by atoms with E-state index in [1.807, 2.05) is 30.5 Å². The Bertz CT molecular complexity index is 878. The molecule has 21 heavy (non-hydrogen) atoms. The van der Waals surface area contributed by atoms with Crippen molar-refractivity contribution in [3.8, 4) is 5.69 Å². The van der Waals surface area contributed by atoms with E-state index in [-0.39, 0.29) is 16.0 Å². The number of fused-ring (bicyclic) bond motifs is 1. The van der Waals surface area contributed by atoms with Crippen LogP contribution in [-0.4, -0.2) is 20.8 Å². The molecule has 4 nitrogen and oxygen atoms in total. The van der Waals surface area contributed by atoms with Gasteiger partial charge in [-0.25, -0.2) is 9.97 Å². The molecule has 7 heteroatoms. The van der Waals surface area contributed by atoms with Crippen molar-refractivity contribution in [3.05, 3.63) is 57.3 Å². The molecule has 106 valence electrons. The highest BCUT2D eigenvalue weighted by atomic mass is 35.5. The molecule has 0 N–H and O–H groups in total. The Morgan fingerprint density at radius 2 is 1.90 bits per heavy atom. The molecule has 3 rings (SSSR count). The summed E-state index contributed by atoms with van der Waals surface area (Å²) in [6.07, 6.45) is 3.42. The molecule has 0 atom stereocenters. The van der Waals surface area contributed by atoms with Gasteiger partial charge in [0.2, 0.25) is 5.28 Å². The fourth-order valence-electron chi connectivity index (χ4n) is 1.99. The average Bonchev–Trinajstić information content (AvgIpc) is 2.49. The zero-order valence-corrected chi connectivity index (χ0v) is 13.2. The first kappa shape index (κ1) is 14.4. The summed E-state index contributed by atoms with van der Waals surface area (Å²) in [7, 11) is 0. The first-order chi connectivity index (χ1) is 10.1. The summed E-state index contributed by atoms with van der Waals surface area (Å²) in [6, 6.07) is 9.00. The molecule has 0 spiro atoms. The first-order valence-electron chi connectivity index (χ1n) is 5.98. The third kappa shape index (κ3) is 2.64. The fourth-order valence-corrected chi connectivity index (χ4v) is 2.82. The maximum atomic E-state index is 12.6. The average molecular weight is 338 g/mol. The largest absolute Gasteiger partial charge is 0.268 e. The van der Waals surface area contributed by atoms with Gasteiger partial charge in [-0.2, -0.15) is 0 Å². The zero-order chi connectivity index (χ0) is 15.0. The molecule has 0 saturated heterocycles. The number of halogens is 2. The van der Waals surface area contributed by atoms with Crippen LogP contribution in [0.3, 0.4) is 0 Å². The summed E-state index contributed by atoms with van der Waals surface area (Å²) >= 11 is 13.6. The monoisotopic (exact) mass is 337 g/mol. The smallest absolute Gasteiger partial charge is 0.267 e. The minimum Gasteiger partial charge on any atom is -0.268 e. The fraction of sp³-hybridized carbons (Fsp3) is 0.0714. The van der Waals surface area contributed by atoms with Crippen LogP contribution in [0, 0.1) is 0 Å². The van der Waals surface area contributed by atoms with Gasteiger partial charge < -0.3 is 0 Å². The topological polar surface area (TPSA) is 47.8 Å². The molecule has 3 aromatic rings. The highest BCUT2D eigenvalue weighted by Crippen LogP contribution is 2.20. The maximum Gasteiger partial charge on any atom is 0.267 e. The SMILES string of the molecule is CSc1ccc(-n2c(Cl)nc3cnc(Cl)cc3c2=O)cc1. The van der Waals surface area contributed by atoms with E-state index in [1.54, 1.807) is 11.8 Å². The van der Waals surface area contributed by atoms with Gasteiger partial charge in [-0.3, -0.25) is 9.36 Å². The van der Waals surface area contributed by atoms with E-state index in [4.69, 9.17) is 23.2 Å². The van der Waals surface area contributed by atoms with Gasteiger partial charge in [-0.15, -0.1) is 11.8 Å². The molecule has 1 aromatic carbocycles. The zero-order valence-electron chi connectivity index (χ0n) is 10.9. The van der Waals surface area contributed by atoms with E-state index in [0.29, 0.717) is 16.6 Å². The second-order valence-corrected chi connectivity index (χ2v) is 5.85. The van der Waals surface area contributed by atoms with Crippen molar-refractivity contribution in [1.29, 1.82) is 0 Å². The summed E-state index contributed by atoms with van der Waals surface area (Å²) in [6.45, 7) is 0. The van der Waals surface area contributed by atoms with Crippen LogP contribution in [0.2, 0.25) is 10.4 Å². The van der Waals surface area contributed by atoms with Gasteiger partial charge >= 0.3 is 0 Å². The van der Waals surface area contributed by atoms with Crippen molar-refractivity contribution < 1.29 is 0 Å². The standard InChI is InChI=1S/C14H9Cl2N3OS/c1-21-9-4-2-8(3-5-9)19-13(20)10-6-12(15)17-7-11(10)18-14(19)16/h2-7H,1H3. The van der Waals surface area contributed by atoms with Gasteiger partial charge in [0.05, 0.1) is 22.8 Å². The predicted molar refractivity (Wildman–Crippen MR) is 86.9 cm³/mol. The van der Waals surface area contributed by atoms with Crippen LogP contribution in [0.15, 0.2) is 46.2 Å². The van der Waals surface area contributed by atoms with Gasteiger partial charge in [-0.1, -0.05) is 11.6 Å². The molecule has 0 aliphatic rings. The lowest BCUT2D eigenvalue weighted by Gasteiger charge is -2.09. The molecule has 0 radical (unpaired) electrons. The number of benzene rings is 1. The molecule has 0 saturated carbocycles. The van der Waals surface area contributed by atoms with Crippen LogP contribution in [0.5, 0.6) is 0 Å². The number of hydrogen-bond acceptors (Lipinski definition) is 4. The Hall–Kier alpha value is -1.56. The van der Waals surface area contributed by atoms with Crippen molar-refractivity contribution >= 4 is 45.9 Å². The number of rotatable bonds is 2. The van der Waals surface area contributed by atoms with Crippen LogP contribution >= 0.6 is 35.0 Å². The van der Waals surface area contributed by atoms with Crippen molar-refractivity contribution in [2.45, 2.75) is 4.90 Å². The number of pyridine rings is 1. The van der Waals surface area contributed by atoms with E-state index in [2.05, 4.69) is 9.97 Å². The maximum absolute atomic E-state index is 12.6. The Kier molecular flexibility index (Phi) is 3.89. The molecule has 2 aromatic heterocycles. The second kappa shape index (κ2) is 5.67. The lowest BCUT2D eigenvalue weighted by Crippen LogP contribution is -2.20. The molecular formula is C14H9Cl2N3OS. The van der Waals surface area contributed by atoms with Crippen LogP contribution in [0.4, 0.5) is 0 Å². The van der Waals surface area contributed by atoms with E-state index in [9.17, 15) is 4.79 Å².